The third-order valence-electron chi connectivity index (χ3n) is 3.40. The van der Waals surface area contributed by atoms with Crippen LogP contribution in [0.25, 0.3) is 0 Å². The summed E-state index contributed by atoms with van der Waals surface area (Å²) >= 11 is 0. The molecule has 1 aromatic heterocycles. The summed E-state index contributed by atoms with van der Waals surface area (Å²) in [4.78, 5) is 14.9. The zero-order valence-electron chi connectivity index (χ0n) is 11.8. The molecule has 0 aliphatic heterocycles. The highest BCUT2D eigenvalue weighted by atomic mass is 16.6. The van der Waals surface area contributed by atoms with E-state index in [4.69, 9.17) is 4.74 Å². The normalized spacial score (nSPS) is 21.1. The summed E-state index contributed by atoms with van der Waals surface area (Å²) in [6.07, 6.45) is 2.91. The minimum atomic E-state index is -0.411. The summed E-state index contributed by atoms with van der Waals surface area (Å²) in [6.45, 7) is 2.84. The number of nitro groups is 1. The van der Waals surface area contributed by atoms with Gasteiger partial charge in [-0.3, -0.25) is 10.1 Å². The molecule has 7 heteroatoms. The first-order chi connectivity index (χ1) is 9.63. The Balaban J connectivity index is 2.08. The smallest absolute Gasteiger partial charge is 0.311 e. The van der Waals surface area contributed by atoms with Crippen LogP contribution in [0.5, 0.6) is 0 Å². The van der Waals surface area contributed by atoms with Crippen molar-refractivity contribution in [2.24, 2.45) is 0 Å². The van der Waals surface area contributed by atoms with E-state index in [0.29, 0.717) is 11.6 Å². The van der Waals surface area contributed by atoms with Crippen LogP contribution in [0, 0.1) is 10.1 Å². The van der Waals surface area contributed by atoms with Crippen LogP contribution in [0.2, 0.25) is 0 Å². The summed E-state index contributed by atoms with van der Waals surface area (Å²) < 4.78 is 5.20. The molecule has 1 fully saturated rings. The fourth-order valence-corrected chi connectivity index (χ4v) is 2.13. The Morgan fingerprint density at radius 2 is 2.25 bits per heavy atom. The van der Waals surface area contributed by atoms with Crippen molar-refractivity contribution in [3.63, 3.8) is 0 Å². The minimum absolute atomic E-state index is 0.00733. The SMILES string of the molecule is CCCNc1ccc([N+](=O)[O-])c(NC2CC(OC)C2)n1. The van der Waals surface area contributed by atoms with Crippen molar-refractivity contribution in [2.45, 2.75) is 38.3 Å². The van der Waals surface area contributed by atoms with Gasteiger partial charge >= 0.3 is 5.69 Å². The number of methoxy groups -OCH3 is 1. The molecule has 1 saturated carbocycles. The van der Waals surface area contributed by atoms with Crippen LogP contribution in [-0.2, 0) is 4.74 Å². The van der Waals surface area contributed by atoms with E-state index in [0.717, 1.165) is 25.8 Å². The Hall–Kier alpha value is -1.89. The number of aromatic nitrogens is 1. The van der Waals surface area contributed by atoms with Crippen molar-refractivity contribution in [1.82, 2.24) is 4.98 Å². The van der Waals surface area contributed by atoms with Gasteiger partial charge in [0.2, 0.25) is 5.82 Å². The maximum Gasteiger partial charge on any atom is 0.311 e. The van der Waals surface area contributed by atoms with Crippen LogP contribution in [0.3, 0.4) is 0 Å². The number of nitrogens with one attached hydrogen (secondary N) is 2. The molecule has 1 heterocycles. The summed E-state index contributed by atoms with van der Waals surface area (Å²) in [7, 11) is 1.68. The van der Waals surface area contributed by atoms with E-state index in [9.17, 15) is 10.1 Å². The molecular weight excluding hydrogens is 260 g/mol. The predicted molar refractivity (Wildman–Crippen MR) is 77.1 cm³/mol. The van der Waals surface area contributed by atoms with Gasteiger partial charge in [-0.15, -0.1) is 0 Å². The average Bonchev–Trinajstić information content (AvgIpc) is 2.39. The lowest BCUT2D eigenvalue weighted by molar-refractivity contribution is -0.384. The number of pyridine rings is 1. The van der Waals surface area contributed by atoms with Crippen LogP contribution in [0.4, 0.5) is 17.3 Å². The third-order valence-corrected chi connectivity index (χ3v) is 3.40. The topological polar surface area (TPSA) is 89.3 Å². The molecule has 0 saturated heterocycles. The quantitative estimate of drug-likeness (QED) is 0.589. The Kier molecular flexibility index (Phi) is 4.73. The minimum Gasteiger partial charge on any atom is -0.381 e. The van der Waals surface area contributed by atoms with Gasteiger partial charge in [0.25, 0.3) is 0 Å². The molecule has 0 atom stereocenters. The fraction of sp³-hybridized carbons (Fsp3) is 0.615. The second-order valence-corrected chi connectivity index (χ2v) is 4.92. The maximum absolute atomic E-state index is 11.0. The van der Waals surface area contributed by atoms with E-state index < -0.39 is 4.92 Å². The summed E-state index contributed by atoms with van der Waals surface area (Å²) in [6, 6.07) is 3.31. The van der Waals surface area contributed by atoms with E-state index in [1.54, 1.807) is 13.2 Å². The summed E-state index contributed by atoms with van der Waals surface area (Å²) in [5.41, 5.74) is 0.00733. The second kappa shape index (κ2) is 6.51. The molecule has 0 radical (unpaired) electrons. The zero-order chi connectivity index (χ0) is 14.5. The molecular formula is C13H20N4O3. The Bertz CT molecular complexity index is 475. The van der Waals surface area contributed by atoms with E-state index in [2.05, 4.69) is 22.5 Å². The molecule has 110 valence electrons. The van der Waals surface area contributed by atoms with Crippen LogP contribution in [0.1, 0.15) is 26.2 Å². The van der Waals surface area contributed by atoms with Gasteiger partial charge in [-0.2, -0.15) is 0 Å². The van der Waals surface area contributed by atoms with E-state index in [1.165, 1.54) is 6.07 Å². The van der Waals surface area contributed by atoms with Gasteiger partial charge in [0.1, 0.15) is 5.82 Å². The van der Waals surface area contributed by atoms with Crippen molar-refractivity contribution in [3.05, 3.63) is 22.2 Å². The van der Waals surface area contributed by atoms with Crippen molar-refractivity contribution in [1.29, 1.82) is 0 Å². The number of nitrogens with zero attached hydrogens (tertiary/aromatic N) is 2. The Labute approximate surface area is 117 Å². The second-order valence-electron chi connectivity index (χ2n) is 4.92. The molecule has 2 N–H and O–H groups in total. The van der Waals surface area contributed by atoms with Gasteiger partial charge in [0, 0.05) is 25.8 Å². The molecule has 1 aliphatic rings. The Morgan fingerprint density at radius 3 is 2.85 bits per heavy atom. The number of anilines is 2. The van der Waals surface area contributed by atoms with E-state index >= 15 is 0 Å². The first kappa shape index (κ1) is 14.5. The highest BCUT2D eigenvalue weighted by Crippen LogP contribution is 2.30. The number of hydrogen-bond donors (Lipinski definition) is 2. The standard InChI is InChI=1S/C13H20N4O3/c1-3-6-14-12-5-4-11(17(18)19)13(16-12)15-9-7-10(8-9)20-2/h4-5,9-10H,3,6-8H2,1-2H3,(H2,14,15,16). The fourth-order valence-electron chi connectivity index (χ4n) is 2.13. The molecule has 0 bridgehead atoms. The van der Waals surface area contributed by atoms with Crippen LogP contribution >= 0.6 is 0 Å². The summed E-state index contributed by atoms with van der Waals surface area (Å²) in [5, 5.41) is 17.3. The third kappa shape index (κ3) is 3.36. The molecule has 0 spiro atoms. The van der Waals surface area contributed by atoms with E-state index in [1.807, 2.05) is 0 Å². The molecule has 0 unspecified atom stereocenters. The lowest BCUT2D eigenvalue weighted by Gasteiger charge is -2.34. The molecule has 0 amide bonds. The van der Waals surface area contributed by atoms with Crippen molar-refractivity contribution < 1.29 is 9.66 Å². The Morgan fingerprint density at radius 1 is 1.50 bits per heavy atom. The van der Waals surface area contributed by atoms with Gasteiger partial charge < -0.3 is 15.4 Å². The largest absolute Gasteiger partial charge is 0.381 e. The monoisotopic (exact) mass is 280 g/mol. The van der Waals surface area contributed by atoms with Gasteiger partial charge in [-0.05, 0) is 25.3 Å². The van der Waals surface area contributed by atoms with Gasteiger partial charge in [-0.25, -0.2) is 4.98 Å². The highest BCUT2D eigenvalue weighted by molar-refractivity contribution is 5.60. The van der Waals surface area contributed by atoms with Crippen LogP contribution < -0.4 is 10.6 Å². The number of hydrogen-bond acceptors (Lipinski definition) is 6. The molecule has 1 aromatic rings. The highest BCUT2D eigenvalue weighted by Gasteiger charge is 2.31. The van der Waals surface area contributed by atoms with Crippen molar-refractivity contribution >= 4 is 17.3 Å². The van der Waals surface area contributed by atoms with Crippen LogP contribution in [0.15, 0.2) is 12.1 Å². The maximum atomic E-state index is 11.0. The lowest BCUT2D eigenvalue weighted by atomic mass is 9.89. The molecule has 1 aliphatic carbocycles. The molecule has 0 aromatic carbocycles. The van der Waals surface area contributed by atoms with E-state index in [-0.39, 0.29) is 17.8 Å². The number of rotatable bonds is 7. The van der Waals surface area contributed by atoms with Gasteiger partial charge in [-0.1, -0.05) is 6.92 Å². The first-order valence-corrected chi connectivity index (χ1v) is 6.82. The number of ether oxygens (including phenoxy) is 1. The molecule has 2 rings (SSSR count). The lowest BCUT2D eigenvalue weighted by Crippen LogP contribution is -2.40. The van der Waals surface area contributed by atoms with Gasteiger partial charge in [0.15, 0.2) is 0 Å². The zero-order valence-corrected chi connectivity index (χ0v) is 11.8. The van der Waals surface area contributed by atoms with Crippen molar-refractivity contribution in [3.8, 4) is 0 Å². The molecule has 20 heavy (non-hydrogen) atoms. The average molecular weight is 280 g/mol. The van der Waals surface area contributed by atoms with Crippen molar-refractivity contribution in [2.75, 3.05) is 24.3 Å². The first-order valence-electron chi connectivity index (χ1n) is 6.82. The predicted octanol–water partition coefficient (Wildman–Crippen LogP) is 2.40. The summed E-state index contributed by atoms with van der Waals surface area (Å²) in [5.74, 6) is 0.984. The van der Waals surface area contributed by atoms with Crippen LogP contribution in [-0.4, -0.2) is 35.7 Å². The molecule has 7 nitrogen and oxygen atoms in total. The van der Waals surface area contributed by atoms with Gasteiger partial charge in [0.05, 0.1) is 11.0 Å².